The fourth-order valence-electron chi connectivity index (χ4n) is 3.00. The molecule has 0 bridgehead atoms. The number of carbonyl (C=O) groups excluding carboxylic acids is 1. The fourth-order valence-corrected chi connectivity index (χ4v) is 4.56. The zero-order valence-electron chi connectivity index (χ0n) is 14.3. The molecule has 1 saturated heterocycles. The highest BCUT2D eigenvalue weighted by Crippen LogP contribution is 2.21. The molecule has 0 aromatic heterocycles. The topological polar surface area (TPSA) is 66.5 Å². The van der Waals surface area contributed by atoms with Crippen molar-refractivity contribution in [2.24, 2.45) is 0 Å². The van der Waals surface area contributed by atoms with Gasteiger partial charge in [0, 0.05) is 24.3 Å². The van der Waals surface area contributed by atoms with Crippen LogP contribution in [0.15, 0.2) is 53.4 Å². The summed E-state index contributed by atoms with van der Waals surface area (Å²) in [5.41, 5.74) is 0.529. The number of anilines is 1. The number of hydrogen-bond donors (Lipinski definition) is 1. The first-order chi connectivity index (χ1) is 12.5. The van der Waals surface area contributed by atoms with Crippen molar-refractivity contribution in [1.29, 1.82) is 0 Å². The van der Waals surface area contributed by atoms with Crippen LogP contribution < -0.4 is 5.32 Å². The van der Waals surface area contributed by atoms with E-state index in [-0.39, 0.29) is 10.5 Å². The second kappa shape index (κ2) is 7.97. The van der Waals surface area contributed by atoms with E-state index in [2.05, 4.69) is 5.32 Å². The van der Waals surface area contributed by atoms with E-state index in [9.17, 15) is 17.6 Å². The predicted octanol–water partition coefficient (Wildman–Crippen LogP) is 3.64. The number of benzene rings is 2. The van der Waals surface area contributed by atoms with Gasteiger partial charge in [-0.25, -0.2) is 12.8 Å². The van der Waals surface area contributed by atoms with Gasteiger partial charge in [0.25, 0.3) is 5.91 Å². The maximum atomic E-state index is 13.2. The Kier molecular flexibility index (Phi) is 5.68. The molecule has 0 unspecified atom stereocenters. The average Bonchev–Trinajstić information content (AvgIpc) is 2.92. The Hall–Kier alpha value is -2.25. The van der Waals surface area contributed by atoms with Crippen LogP contribution in [-0.4, -0.2) is 31.7 Å². The van der Waals surface area contributed by atoms with Crippen molar-refractivity contribution < 1.29 is 17.6 Å². The average molecular weight is 376 g/mol. The van der Waals surface area contributed by atoms with E-state index in [1.165, 1.54) is 40.7 Å². The minimum Gasteiger partial charge on any atom is -0.322 e. The first kappa shape index (κ1) is 18.5. The van der Waals surface area contributed by atoms with Crippen LogP contribution in [0.25, 0.3) is 0 Å². The summed E-state index contributed by atoms with van der Waals surface area (Å²) in [4.78, 5) is 12.5. The molecule has 26 heavy (non-hydrogen) atoms. The molecule has 0 spiro atoms. The summed E-state index contributed by atoms with van der Waals surface area (Å²) < 4.78 is 40.5. The molecular formula is C19H21FN2O3S. The van der Waals surface area contributed by atoms with E-state index < -0.39 is 21.7 Å². The van der Waals surface area contributed by atoms with Crippen LogP contribution in [0.2, 0.25) is 0 Å². The van der Waals surface area contributed by atoms with Crippen LogP contribution in [0.4, 0.5) is 10.1 Å². The number of nitrogens with one attached hydrogen (secondary N) is 1. The number of hydrogen-bond acceptors (Lipinski definition) is 3. The molecule has 3 rings (SSSR count). The third kappa shape index (κ3) is 4.28. The summed E-state index contributed by atoms with van der Waals surface area (Å²) in [5.74, 6) is -0.941. The Bertz CT molecular complexity index is 891. The first-order valence-corrected chi connectivity index (χ1v) is 10.1. The van der Waals surface area contributed by atoms with E-state index in [1.54, 1.807) is 12.1 Å². The second-order valence-corrected chi connectivity index (χ2v) is 8.25. The molecule has 0 aliphatic carbocycles. The molecule has 1 heterocycles. The van der Waals surface area contributed by atoms with Gasteiger partial charge in [-0.2, -0.15) is 4.31 Å². The highest BCUT2D eigenvalue weighted by Gasteiger charge is 2.25. The van der Waals surface area contributed by atoms with Gasteiger partial charge < -0.3 is 5.32 Å². The van der Waals surface area contributed by atoms with Crippen LogP contribution in [0.3, 0.4) is 0 Å². The molecule has 138 valence electrons. The molecule has 1 fully saturated rings. The lowest BCUT2D eigenvalue weighted by Gasteiger charge is -2.20. The van der Waals surface area contributed by atoms with Gasteiger partial charge in [0.15, 0.2) is 0 Å². The van der Waals surface area contributed by atoms with Gasteiger partial charge in [0.2, 0.25) is 10.0 Å². The summed E-state index contributed by atoms with van der Waals surface area (Å²) >= 11 is 0. The normalized spacial score (nSPS) is 16.0. The Balaban J connectivity index is 1.82. The fraction of sp³-hybridized carbons (Fsp3) is 0.316. The molecular weight excluding hydrogens is 355 g/mol. The molecule has 5 nitrogen and oxygen atoms in total. The molecule has 0 radical (unpaired) electrons. The molecule has 2 aromatic carbocycles. The van der Waals surface area contributed by atoms with Crippen LogP contribution in [0.5, 0.6) is 0 Å². The number of nitrogens with zero attached hydrogens (tertiary/aromatic N) is 1. The maximum Gasteiger partial charge on any atom is 0.255 e. The summed E-state index contributed by atoms with van der Waals surface area (Å²) in [6.45, 7) is 1.00. The lowest BCUT2D eigenvalue weighted by atomic mass is 10.2. The number of sulfonamides is 1. The third-order valence-electron chi connectivity index (χ3n) is 4.38. The van der Waals surface area contributed by atoms with Crippen molar-refractivity contribution >= 4 is 21.6 Å². The Morgan fingerprint density at radius 1 is 0.962 bits per heavy atom. The smallest absolute Gasteiger partial charge is 0.255 e. The molecule has 1 amide bonds. The van der Waals surface area contributed by atoms with Gasteiger partial charge in [0.05, 0.1) is 4.90 Å². The summed E-state index contributed by atoms with van der Waals surface area (Å²) in [5, 5.41) is 2.58. The van der Waals surface area contributed by atoms with Gasteiger partial charge in [-0.3, -0.25) is 4.79 Å². The lowest BCUT2D eigenvalue weighted by Crippen LogP contribution is -2.32. The molecule has 0 saturated carbocycles. The summed E-state index contributed by atoms with van der Waals surface area (Å²) in [6, 6.07) is 11.5. The van der Waals surface area contributed by atoms with E-state index >= 15 is 0 Å². The van der Waals surface area contributed by atoms with Gasteiger partial charge >= 0.3 is 0 Å². The van der Waals surface area contributed by atoms with Gasteiger partial charge in [-0.1, -0.05) is 25.0 Å². The standard InChI is InChI=1S/C19H21FN2O3S/c20-16-8-6-9-17(14-16)21-19(23)15-7-5-10-18(13-15)26(24,25)22-11-3-1-2-4-12-22/h5-10,13-14H,1-4,11-12H2,(H,21,23). The Morgan fingerprint density at radius 2 is 1.65 bits per heavy atom. The number of amides is 1. The van der Waals surface area contributed by atoms with Gasteiger partial charge in [0.1, 0.15) is 5.82 Å². The van der Waals surface area contributed by atoms with Crippen molar-refractivity contribution in [3.63, 3.8) is 0 Å². The van der Waals surface area contributed by atoms with E-state index in [0.717, 1.165) is 25.7 Å². The van der Waals surface area contributed by atoms with Crippen molar-refractivity contribution in [3.8, 4) is 0 Å². The number of carbonyl (C=O) groups is 1. The minimum absolute atomic E-state index is 0.103. The van der Waals surface area contributed by atoms with E-state index in [1.807, 2.05) is 0 Å². The third-order valence-corrected chi connectivity index (χ3v) is 6.28. The van der Waals surface area contributed by atoms with E-state index in [0.29, 0.717) is 18.8 Å². The van der Waals surface area contributed by atoms with Crippen molar-refractivity contribution in [2.45, 2.75) is 30.6 Å². The molecule has 2 aromatic rings. The summed E-state index contributed by atoms with van der Waals surface area (Å²) in [7, 11) is -3.63. The monoisotopic (exact) mass is 376 g/mol. The number of rotatable bonds is 4. The zero-order valence-corrected chi connectivity index (χ0v) is 15.1. The molecule has 1 N–H and O–H groups in total. The molecule has 0 atom stereocenters. The summed E-state index contributed by atoms with van der Waals surface area (Å²) in [6.07, 6.45) is 3.75. The first-order valence-electron chi connectivity index (χ1n) is 8.64. The Labute approximate surface area is 152 Å². The highest BCUT2D eigenvalue weighted by atomic mass is 32.2. The van der Waals surface area contributed by atoms with Crippen molar-refractivity contribution in [2.75, 3.05) is 18.4 Å². The van der Waals surface area contributed by atoms with E-state index in [4.69, 9.17) is 0 Å². The van der Waals surface area contributed by atoms with Crippen molar-refractivity contribution in [1.82, 2.24) is 4.31 Å². The minimum atomic E-state index is -3.63. The van der Waals surface area contributed by atoms with Crippen LogP contribution in [-0.2, 0) is 10.0 Å². The largest absolute Gasteiger partial charge is 0.322 e. The molecule has 1 aliphatic rings. The van der Waals surface area contributed by atoms with Gasteiger partial charge in [-0.05, 0) is 49.2 Å². The maximum absolute atomic E-state index is 13.2. The van der Waals surface area contributed by atoms with Crippen LogP contribution in [0.1, 0.15) is 36.0 Å². The lowest BCUT2D eigenvalue weighted by molar-refractivity contribution is 0.102. The predicted molar refractivity (Wildman–Crippen MR) is 98.0 cm³/mol. The second-order valence-electron chi connectivity index (χ2n) is 6.31. The quantitative estimate of drug-likeness (QED) is 0.886. The van der Waals surface area contributed by atoms with Crippen LogP contribution in [0, 0.1) is 5.82 Å². The van der Waals surface area contributed by atoms with Gasteiger partial charge in [-0.15, -0.1) is 0 Å². The highest BCUT2D eigenvalue weighted by molar-refractivity contribution is 7.89. The molecule has 1 aliphatic heterocycles. The Morgan fingerprint density at radius 3 is 2.35 bits per heavy atom. The van der Waals surface area contributed by atoms with Crippen LogP contribution >= 0.6 is 0 Å². The van der Waals surface area contributed by atoms with Crippen molar-refractivity contribution in [3.05, 3.63) is 59.9 Å². The zero-order chi connectivity index (χ0) is 18.6. The molecule has 7 heteroatoms. The SMILES string of the molecule is O=C(Nc1cccc(F)c1)c1cccc(S(=O)(=O)N2CCCCCC2)c1. The number of halogens is 1.